The van der Waals surface area contributed by atoms with Crippen molar-refractivity contribution in [1.29, 1.82) is 0 Å². The van der Waals surface area contributed by atoms with Gasteiger partial charge in [0.2, 0.25) is 0 Å². The summed E-state index contributed by atoms with van der Waals surface area (Å²) < 4.78 is 31.3. The van der Waals surface area contributed by atoms with Gasteiger partial charge in [-0.25, -0.2) is 8.78 Å². The molecule has 0 amide bonds. The lowest BCUT2D eigenvalue weighted by Crippen LogP contribution is -1.91. The number of carbonyl (C=O) groups excluding carboxylic acids is 1. The van der Waals surface area contributed by atoms with Crippen LogP contribution < -0.4 is 0 Å². The van der Waals surface area contributed by atoms with E-state index in [1.54, 1.807) is 6.07 Å². The van der Waals surface area contributed by atoms with Gasteiger partial charge in [-0.1, -0.05) is 0 Å². The van der Waals surface area contributed by atoms with Crippen molar-refractivity contribution in [3.8, 4) is 11.3 Å². The molecule has 0 aliphatic rings. The number of hydrogen-bond acceptors (Lipinski definition) is 2. The Balaban J connectivity index is 2.56. The number of halogens is 2. The molecule has 16 heavy (non-hydrogen) atoms. The number of benzene rings is 1. The van der Waals surface area contributed by atoms with Crippen LogP contribution in [0.5, 0.6) is 0 Å². The van der Waals surface area contributed by atoms with E-state index in [4.69, 9.17) is 4.42 Å². The maximum Gasteiger partial charge on any atom is 0.185 e. The molecule has 0 N–H and O–H groups in total. The standard InChI is InChI=1S/C12H8F2O2/c1-7-9(3-4-10(13)12(7)14)11-5-2-8(6-15)16-11/h2-6H,1H3. The molecular formula is C12H8F2O2. The highest BCUT2D eigenvalue weighted by molar-refractivity contribution is 5.73. The molecule has 0 saturated heterocycles. The molecular weight excluding hydrogens is 214 g/mol. The average Bonchev–Trinajstić information content (AvgIpc) is 2.74. The molecule has 4 heteroatoms. The summed E-state index contributed by atoms with van der Waals surface area (Å²) in [5, 5.41) is 0. The van der Waals surface area contributed by atoms with Crippen molar-refractivity contribution in [1.82, 2.24) is 0 Å². The van der Waals surface area contributed by atoms with E-state index in [1.165, 1.54) is 19.1 Å². The fourth-order valence-corrected chi connectivity index (χ4v) is 1.48. The lowest BCUT2D eigenvalue weighted by atomic mass is 10.1. The molecule has 1 heterocycles. The molecule has 0 bridgehead atoms. The van der Waals surface area contributed by atoms with Crippen molar-refractivity contribution in [2.45, 2.75) is 6.92 Å². The number of carbonyl (C=O) groups is 1. The third-order valence-electron chi connectivity index (χ3n) is 2.35. The van der Waals surface area contributed by atoms with Crippen molar-refractivity contribution in [3.05, 3.63) is 47.2 Å². The molecule has 2 nitrogen and oxygen atoms in total. The summed E-state index contributed by atoms with van der Waals surface area (Å²) in [6, 6.07) is 5.47. The smallest absolute Gasteiger partial charge is 0.185 e. The predicted octanol–water partition coefficient (Wildman–Crippen LogP) is 3.35. The van der Waals surface area contributed by atoms with Crippen LogP contribution >= 0.6 is 0 Å². The zero-order valence-corrected chi connectivity index (χ0v) is 8.46. The Kier molecular flexibility index (Phi) is 2.56. The molecule has 2 rings (SSSR count). The molecule has 82 valence electrons. The van der Waals surface area contributed by atoms with E-state index in [0.29, 0.717) is 17.6 Å². The van der Waals surface area contributed by atoms with Crippen molar-refractivity contribution in [3.63, 3.8) is 0 Å². The second kappa shape index (κ2) is 3.89. The van der Waals surface area contributed by atoms with Gasteiger partial charge in [0.1, 0.15) is 5.76 Å². The van der Waals surface area contributed by atoms with E-state index < -0.39 is 11.6 Å². The first-order chi connectivity index (χ1) is 7.63. The van der Waals surface area contributed by atoms with Gasteiger partial charge >= 0.3 is 0 Å². The number of hydrogen-bond donors (Lipinski definition) is 0. The van der Waals surface area contributed by atoms with Gasteiger partial charge in [-0.3, -0.25) is 4.79 Å². The highest BCUT2D eigenvalue weighted by atomic mass is 19.2. The Morgan fingerprint density at radius 2 is 1.94 bits per heavy atom. The summed E-state index contributed by atoms with van der Waals surface area (Å²) in [6.07, 6.45) is 0.554. The molecule has 0 fully saturated rings. The molecule has 0 aliphatic heterocycles. The van der Waals surface area contributed by atoms with Gasteiger partial charge in [0, 0.05) is 5.56 Å². The van der Waals surface area contributed by atoms with E-state index in [9.17, 15) is 13.6 Å². The van der Waals surface area contributed by atoms with Crippen LogP contribution in [0.25, 0.3) is 11.3 Å². The van der Waals surface area contributed by atoms with Gasteiger partial charge in [0.25, 0.3) is 0 Å². The third kappa shape index (κ3) is 1.62. The quantitative estimate of drug-likeness (QED) is 0.729. The Labute approximate surface area is 90.5 Å². The molecule has 0 spiro atoms. The first kappa shape index (κ1) is 10.5. The van der Waals surface area contributed by atoms with Crippen molar-refractivity contribution < 1.29 is 18.0 Å². The van der Waals surface area contributed by atoms with E-state index >= 15 is 0 Å². The second-order valence-corrected chi connectivity index (χ2v) is 3.35. The van der Waals surface area contributed by atoms with Gasteiger partial charge in [-0.2, -0.15) is 0 Å². The van der Waals surface area contributed by atoms with E-state index in [0.717, 1.165) is 6.07 Å². The topological polar surface area (TPSA) is 30.2 Å². The van der Waals surface area contributed by atoms with E-state index in [2.05, 4.69) is 0 Å². The number of furan rings is 1. The Morgan fingerprint density at radius 1 is 1.19 bits per heavy atom. The maximum atomic E-state index is 13.3. The fourth-order valence-electron chi connectivity index (χ4n) is 1.48. The Morgan fingerprint density at radius 3 is 2.56 bits per heavy atom. The second-order valence-electron chi connectivity index (χ2n) is 3.35. The Bertz CT molecular complexity index is 544. The molecule has 1 aromatic heterocycles. The van der Waals surface area contributed by atoms with Crippen LogP contribution in [0.4, 0.5) is 8.78 Å². The minimum atomic E-state index is -0.901. The van der Waals surface area contributed by atoms with Gasteiger partial charge in [-0.15, -0.1) is 0 Å². The largest absolute Gasteiger partial charge is 0.453 e. The molecule has 1 aromatic carbocycles. The van der Waals surface area contributed by atoms with Gasteiger partial charge in [0.05, 0.1) is 0 Å². The average molecular weight is 222 g/mol. The summed E-state index contributed by atoms with van der Waals surface area (Å²) >= 11 is 0. The number of rotatable bonds is 2. The van der Waals surface area contributed by atoms with Gasteiger partial charge in [-0.05, 0) is 36.8 Å². The predicted molar refractivity (Wildman–Crippen MR) is 54.2 cm³/mol. The lowest BCUT2D eigenvalue weighted by molar-refractivity contribution is 0.110. The summed E-state index contributed by atoms with van der Waals surface area (Å²) in [7, 11) is 0. The summed E-state index contributed by atoms with van der Waals surface area (Å²) in [4.78, 5) is 10.4. The SMILES string of the molecule is Cc1c(-c2ccc(C=O)o2)ccc(F)c1F. The first-order valence-electron chi connectivity index (χ1n) is 4.63. The van der Waals surface area contributed by atoms with E-state index in [-0.39, 0.29) is 11.3 Å². The maximum absolute atomic E-state index is 13.3. The molecule has 0 aliphatic carbocycles. The molecule has 0 unspecified atom stereocenters. The van der Waals surface area contributed by atoms with Crippen LogP contribution in [-0.2, 0) is 0 Å². The minimum Gasteiger partial charge on any atom is -0.453 e. The van der Waals surface area contributed by atoms with Crippen molar-refractivity contribution in [2.24, 2.45) is 0 Å². The highest BCUT2D eigenvalue weighted by Crippen LogP contribution is 2.27. The van der Waals surface area contributed by atoms with Crippen LogP contribution in [0.3, 0.4) is 0 Å². The third-order valence-corrected chi connectivity index (χ3v) is 2.35. The van der Waals surface area contributed by atoms with Crippen LogP contribution in [0.2, 0.25) is 0 Å². The zero-order chi connectivity index (χ0) is 11.7. The van der Waals surface area contributed by atoms with Crippen LogP contribution in [0.1, 0.15) is 16.1 Å². The van der Waals surface area contributed by atoms with Crippen molar-refractivity contribution in [2.75, 3.05) is 0 Å². The lowest BCUT2D eigenvalue weighted by Gasteiger charge is -2.04. The van der Waals surface area contributed by atoms with Crippen LogP contribution in [0, 0.1) is 18.6 Å². The Hall–Kier alpha value is -1.97. The number of aldehydes is 1. The summed E-state index contributed by atoms with van der Waals surface area (Å²) in [5.74, 6) is -1.30. The minimum absolute atomic E-state index is 0.152. The monoisotopic (exact) mass is 222 g/mol. The van der Waals surface area contributed by atoms with Crippen LogP contribution in [-0.4, -0.2) is 6.29 Å². The molecule has 0 radical (unpaired) electrons. The van der Waals surface area contributed by atoms with Gasteiger partial charge < -0.3 is 4.42 Å². The van der Waals surface area contributed by atoms with Gasteiger partial charge in [0.15, 0.2) is 23.7 Å². The fraction of sp³-hybridized carbons (Fsp3) is 0.0833. The normalized spacial score (nSPS) is 10.4. The summed E-state index contributed by atoms with van der Waals surface area (Å²) in [6.45, 7) is 1.46. The summed E-state index contributed by atoms with van der Waals surface area (Å²) in [5.41, 5.74) is 0.596. The first-order valence-corrected chi connectivity index (χ1v) is 4.63. The molecule has 0 atom stereocenters. The molecule has 2 aromatic rings. The van der Waals surface area contributed by atoms with Crippen molar-refractivity contribution >= 4 is 6.29 Å². The molecule has 0 saturated carbocycles. The highest BCUT2D eigenvalue weighted by Gasteiger charge is 2.13. The van der Waals surface area contributed by atoms with E-state index in [1.807, 2.05) is 0 Å². The zero-order valence-electron chi connectivity index (χ0n) is 8.46. The van der Waals surface area contributed by atoms with Crippen LogP contribution in [0.15, 0.2) is 28.7 Å².